The van der Waals surface area contributed by atoms with E-state index in [2.05, 4.69) is 228 Å². The maximum absolute atomic E-state index is 2.47. The van der Waals surface area contributed by atoms with E-state index >= 15 is 0 Å². The van der Waals surface area contributed by atoms with Crippen LogP contribution in [-0.4, -0.2) is 4.57 Å². The van der Waals surface area contributed by atoms with Crippen molar-refractivity contribution in [2.75, 3.05) is 4.90 Å². The second-order valence-corrected chi connectivity index (χ2v) is 13.7. The minimum atomic E-state index is 1.10. The fourth-order valence-corrected chi connectivity index (χ4v) is 8.18. The molecule has 0 radical (unpaired) electrons. The standard InChI is InChI=1S/C52H36N2/c1-4-18-38(19-5-1)44-27-12-14-30-47(44)54-48-31-15-13-28-46(48)52-49(32-17-33-50(52)54)53(41-24-8-3-9-25-41)51-36-40(34-35-45(51)39-20-6-2-7-21-39)43-29-16-23-37-22-10-11-26-42(37)43/h1-36H. The number of fused-ring (bicyclic) bond motifs is 4. The van der Waals surface area contributed by atoms with Gasteiger partial charge in [-0.1, -0.05) is 176 Å². The first-order valence-electron chi connectivity index (χ1n) is 18.5. The van der Waals surface area contributed by atoms with E-state index in [1.165, 1.54) is 60.4 Å². The first kappa shape index (κ1) is 31.6. The van der Waals surface area contributed by atoms with Crippen LogP contribution >= 0.6 is 0 Å². The molecule has 0 aliphatic heterocycles. The van der Waals surface area contributed by atoms with E-state index in [0.717, 1.165) is 28.3 Å². The van der Waals surface area contributed by atoms with Gasteiger partial charge in [-0.05, 0) is 75.5 Å². The van der Waals surface area contributed by atoms with Crippen molar-refractivity contribution in [3.8, 4) is 39.1 Å². The molecule has 0 N–H and O–H groups in total. The van der Waals surface area contributed by atoms with Crippen LogP contribution in [0.2, 0.25) is 0 Å². The van der Waals surface area contributed by atoms with Gasteiger partial charge < -0.3 is 9.47 Å². The van der Waals surface area contributed by atoms with Gasteiger partial charge in [0.15, 0.2) is 0 Å². The van der Waals surface area contributed by atoms with Crippen LogP contribution in [0.4, 0.5) is 17.1 Å². The third-order valence-electron chi connectivity index (χ3n) is 10.6. The van der Waals surface area contributed by atoms with E-state index in [0.29, 0.717) is 0 Å². The fraction of sp³-hybridized carbons (Fsp3) is 0. The molecule has 9 aromatic carbocycles. The van der Waals surface area contributed by atoms with Gasteiger partial charge in [-0.2, -0.15) is 0 Å². The summed E-state index contributed by atoms with van der Waals surface area (Å²) < 4.78 is 2.45. The Morgan fingerprint density at radius 1 is 0.333 bits per heavy atom. The number of hydrogen-bond acceptors (Lipinski definition) is 1. The molecule has 2 nitrogen and oxygen atoms in total. The molecule has 0 fully saturated rings. The van der Waals surface area contributed by atoms with Crippen molar-refractivity contribution in [2.24, 2.45) is 0 Å². The zero-order valence-electron chi connectivity index (χ0n) is 29.7. The Balaban J connectivity index is 1.29. The number of rotatable bonds is 7. The van der Waals surface area contributed by atoms with Crippen LogP contribution in [0.5, 0.6) is 0 Å². The molecule has 0 saturated carbocycles. The number of nitrogens with zero attached hydrogens (tertiary/aromatic N) is 2. The molecule has 0 saturated heterocycles. The van der Waals surface area contributed by atoms with Crippen molar-refractivity contribution < 1.29 is 0 Å². The summed E-state index contributed by atoms with van der Waals surface area (Å²) in [7, 11) is 0. The highest BCUT2D eigenvalue weighted by Crippen LogP contribution is 2.48. The van der Waals surface area contributed by atoms with Crippen LogP contribution in [0, 0.1) is 0 Å². The van der Waals surface area contributed by atoms with Crippen LogP contribution in [0.1, 0.15) is 0 Å². The smallest absolute Gasteiger partial charge is 0.0562 e. The predicted molar refractivity (Wildman–Crippen MR) is 229 cm³/mol. The van der Waals surface area contributed by atoms with E-state index in [9.17, 15) is 0 Å². The summed E-state index contributed by atoms with van der Waals surface area (Å²) in [6.45, 7) is 0. The first-order chi connectivity index (χ1) is 26.8. The Morgan fingerprint density at radius 3 is 1.70 bits per heavy atom. The molecule has 2 heteroatoms. The second kappa shape index (κ2) is 13.4. The van der Waals surface area contributed by atoms with Crippen molar-refractivity contribution in [2.45, 2.75) is 0 Å². The Morgan fingerprint density at radius 2 is 0.907 bits per heavy atom. The van der Waals surface area contributed by atoms with Crippen molar-refractivity contribution in [3.05, 3.63) is 218 Å². The fourth-order valence-electron chi connectivity index (χ4n) is 8.18. The van der Waals surface area contributed by atoms with Crippen LogP contribution in [0.25, 0.3) is 71.6 Å². The first-order valence-corrected chi connectivity index (χ1v) is 18.5. The Kier molecular flexibility index (Phi) is 7.85. The minimum Gasteiger partial charge on any atom is -0.309 e. The Hall–Kier alpha value is -7.16. The molecule has 1 heterocycles. The average Bonchev–Trinajstić information content (AvgIpc) is 3.59. The Bertz CT molecular complexity index is 2920. The van der Waals surface area contributed by atoms with Gasteiger partial charge >= 0.3 is 0 Å². The lowest BCUT2D eigenvalue weighted by Crippen LogP contribution is -2.12. The molecule has 10 rings (SSSR count). The lowest BCUT2D eigenvalue weighted by Gasteiger charge is -2.29. The normalized spacial score (nSPS) is 11.3. The molecule has 0 amide bonds. The van der Waals surface area contributed by atoms with Gasteiger partial charge in [0.05, 0.1) is 28.1 Å². The highest BCUT2D eigenvalue weighted by atomic mass is 15.2. The SMILES string of the molecule is c1ccc(-c2ccc(-c3cccc4ccccc34)cc2N(c2ccccc2)c2cccc3c2c2ccccc2n3-c2ccccc2-c2ccccc2)cc1. The minimum absolute atomic E-state index is 1.10. The van der Waals surface area contributed by atoms with Gasteiger partial charge in [0.2, 0.25) is 0 Å². The number of benzene rings is 9. The third kappa shape index (κ3) is 5.36. The maximum Gasteiger partial charge on any atom is 0.0562 e. The van der Waals surface area contributed by atoms with E-state index in [-0.39, 0.29) is 0 Å². The summed E-state index contributed by atoms with van der Waals surface area (Å²) in [5.41, 5.74) is 13.9. The lowest BCUT2D eigenvalue weighted by molar-refractivity contribution is 1.18. The van der Waals surface area contributed by atoms with Crippen molar-refractivity contribution in [3.63, 3.8) is 0 Å². The van der Waals surface area contributed by atoms with Gasteiger partial charge in [0, 0.05) is 27.6 Å². The zero-order chi connectivity index (χ0) is 35.8. The number of anilines is 3. The van der Waals surface area contributed by atoms with Crippen molar-refractivity contribution >= 4 is 49.6 Å². The molecule has 254 valence electrons. The van der Waals surface area contributed by atoms with E-state index in [1.807, 2.05) is 0 Å². The molecule has 0 bridgehead atoms. The molecule has 0 atom stereocenters. The van der Waals surface area contributed by atoms with Gasteiger partial charge in [-0.15, -0.1) is 0 Å². The number of hydrogen-bond donors (Lipinski definition) is 0. The van der Waals surface area contributed by atoms with E-state index in [1.54, 1.807) is 0 Å². The lowest BCUT2D eigenvalue weighted by atomic mass is 9.94. The zero-order valence-corrected chi connectivity index (χ0v) is 29.7. The van der Waals surface area contributed by atoms with Crippen LogP contribution < -0.4 is 4.90 Å². The summed E-state index contributed by atoms with van der Waals surface area (Å²) in [6, 6.07) is 78.9. The predicted octanol–water partition coefficient (Wildman–Crippen LogP) is 14.4. The summed E-state index contributed by atoms with van der Waals surface area (Å²) >= 11 is 0. The topological polar surface area (TPSA) is 8.17 Å². The largest absolute Gasteiger partial charge is 0.309 e. The molecule has 10 aromatic rings. The summed E-state index contributed by atoms with van der Waals surface area (Å²) in [4.78, 5) is 2.47. The Labute approximate surface area is 315 Å². The molecular weight excluding hydrogens is 653 g/mol. The van der Waals surface area contributed by atoms with Gasteiger partial charge in [-0.25, -0.2) is 0 Å². The molecule has 1 aromatic heterocycles. The molecule has 0 unspecified atom stereocenters. The highest BCUT2D eigenvalue weighted by Gasteiger charge is 2.24. The maximum atomic E-state index is 2.47. The summed E-state index contributed by atoms with van der Waals surface area (Å²) in [5.74, 6) is 0. The number of para-hydroxylation sites is 3. The van der Waals surface area contributed by atoms with E-state index < -0.39 is 0 Å². The molecule has 0 aliphatic carbocycles. The second-order valence-electron chi connectivity index (χ2n) is 13.7. The van der Waals surface area contributed by atoms with Gasteiger partial charge in [-0.3, -0.25) is 0 Å². The summed E-state index contributed by atoms with van der Waals surface area (Å²) in [5, 5.41) is 4.89. The highest BCUT2D eigenvalue weighted by molar-refractivity contribution is 6.17. The average molecular weight is 689 g/mol. The van der Waals surface area contributed by atoms with Gasteiger partial charge in [0.1, 0.15) is 0 Å². The molecule has 0 spiro atoms. The van der Waals surface area contributed by atoms with Crippen LogP contribution in [-0.2, 0) is 0 Å². The molecular formula is C52H36N2. The van der Waals surface area contributed by atoms with Crippen molar-refractivity contribution in [1.29, 1.82) is 0 Å². The monoisotopic (exact) mass is 688 g/mol. The summed E-state index contributed by atoms with van der Waals surface area (Å²) in [6.07, 6.45) is 0. The van der Waals surface area contributed by atoms with Crippen molar-refractivity contribution in [1.82, 2.24) is 4.57 Å². The quantitative estimate of drug-likeness (QED) is 0.162. The van der Waals surface area contributed by atoms with Crippen LogP contribution in [0.15, 0.2) is 218 Å². The molecule has 0 aliphatic rings. The molecule has 54 heavy (non-hydrogen) atoms. The van der Waals surface area contributed by atoms with E-state index in [4.69, 9.17) is 0 Å². The third-order valence-corrected chi connectivity index (χ3v) is 10.6. The van der Waals surface area contributed by atoms with Gasteiger partial charge in [0.25, 0.3) is 0 Å². The number of aromatic nitrogens is 1. The van der Waals surface area contributed by atoms with Crippen LogP contribution in [0.3, 0.4) is 0 Å².